The van der Waals surface area contributed by atoms with Crippen LogP contribution in [0.5, 0.6) is 5.75 Å². The van der Waals surface area contributed by atoms with Gasteiger partial charge in [-0.3, -0.25) is 4.79 Å². The first kappa shape index (κ1) is 13.5. The van der Waals surface area contributed by atoms with E-state index in [2.05, 4.69) is 10.6 Å². The Labute approximate surface area is 102 Å². The van der Waals surface area contributed by atoms with Crippen LogP contribution < -0.4 is 15.4 Å². The number of methoxy groups -OCH3 is 1. The maximum atomic E-state index is 11.9. The molecule has 0 saturated heterocycles. The lowest BCUT2D eigenvalue weighted by Gasteiger charge is -2.13. The maximum absolute atomic E-state index is 11.9. The monoisotopic (exact) mass is 236 g/mol. The van der Waals surface area contributed by atoms with Crippen molar-refractivity contribution >= 4 is 5.91 Å². The zero-order valence-corrected chi connectivity index (χ0v) is 10.8. The third-order valence-electron chi connectivity index (χ3n) is 2.74. The van der Waals surface area contributed by atoms with Gasteiger partial charge in [-0.05, 0) is 44.7 Å². The zero-order valence-electron chi connectivity index (χ0n) is 10.8. The van der Waals surface area contributed by atoms with Gasteiger partial charge in [-0.1, -0.05) is 0 Å². The number of nitrogens with one attached hydrogen (secondary N) is 2. The fraction of sp³-hybridized carbons (Fsp3) is 0.462. The number of amides is 1. The Morgan fingerprint density at radius 3 is 2.71 bits per heavy atom. The van der Waals surface area contributed by atoms with E-state index in [0.717, 1.165) is 11.3 Å². The Morgan fingerprint density at radius 2 is 2.18 bits per heavy atom. The molecule has 0 aliphatic carbocycles. The van der Waals surface area contributed by atoms with E-state index in [0.29, 0.717) is 12.1 Å². The lowest BCUT2D eigenvalue weighted by molar-refractivity contribution is 0.0950. The molecule has 1 amide bonds. The summed E-state index contributed by atoms with van der Waals surface area (Å²) in [4.78, 5) is 11.9. The number of carbonyl (C=O) groups excluding carboxylic acids is 1. The average molecular weight is 236 g/mol. The fourth-order valence-corrected chi connectivity index (χ4v) is 1.46. The zero-order chi connectivity index (χ0) is 12.8. The van der Waals surface area contributed by atoms with Gasteiger partial charge >= 0.3 is 0 Å². The summed E-state index contributed by atoms with van der Waals surface area (Å²) in [5, 5.41) is 5.96. The standard InChI is InChI=1S/C13H20N2O2/c1-9-7-11(17-4)5-6-12(9)13(16)15-8-10(2)14-3/h5-7,10,14H,8H2,1-4H3,(H,15,16). The van der Waals surface area contributed by atoms with Crippen molar-refractivity contribution in [2.45, 2.75) is 19.9 Å². The van der Waals surface area contributed by atoms with Crippen molar-refractivity contribution in [3.63, 3.8) is 0 Å². The minimum absolute atomic E-state index is 0.0488. The van der Waals surface area contributed by atoms with Crippen LogP contribution in [-0.4, -0.2) is 32.7 Å². The van der Waals surface area contributed by atoms with Gasteiger partial charge in [0.2, 0.25) is 0 Å². The van der Waals surface area contributed by atoms with Crippen molar-refractivity contribution in [1.82, 2.24) is 10.6 Å². The molecule has 0 spiro atoms. The number of rotatable bonds is 5. The number of carbonyl (C=O) groups is 1. The number of likely N-dealkylation sites (N-methyl/N-ethyl adjacent to an activating group) is 1. The third-order valence-corrected chi connectivity index (χ3v) is 2.74. The van der Waals surface area contributed by atoms with Gasteiger partial charge in [-0.15, -0.1) is 0 Å². The first-order valence-corrected chi connectivity index (χ1v) is 5.68. The highest BCUT2D eigenvalue weighted by Crippen LogP contribution is 2.16. The second-order valence-corrected chi connectivity index (χ2v) is 4.08. The molecule has 4 heteroatoms. The summed E-state index contributed by atoms with van der Waals surface area (Å²) in [5.41, 5.74) is 1.60. The summed E-state index contributed by atoms with van der Waals surface area (Å²) in [6, 6.07) is 5.70. The van der Waals surface area contributed by atoms with E-state index in [4.69, 9.17) is 4.74 Å². The van der Waals surface area contributed by atoms with Crippen molar-refractivity contribution in [1.29, 1.82) is 0 Å². The third kappa shape index (κ3) is 3.75. The number of hydrogen-bond acceptors (Lipinski definition) is 3. The SMILES string of the molecule is CNC(C)CNC(=O)c1ccc(OC)cc1C. The molecular weight excluding hydrogens is 216 g/mol. The van der Waals surface area contributed by atoms with Crippen LogP contribution in [0.3, 0.4) is 0 Å². The van der Waals surface area contributed by atoms with Crippen LogP contribution in [0.2, 0.25) is 0 Å². The predicted molar refractivity (Wildman–Crippen MR) is 68.6 cm³/mol. The summed E-state index contributed by atoms with van der Waals surface area (Å²) >= 11 is 0. The predicted octanol–water partition coefficient (Wildman–Crippen LogP) is 1.34. The highest BCUT2D eigenvalue weighted by atomic mass is 16.5. The van der Waals surface area contributed by atoms with Gasteiger partial charge in [0.05, 0.1) is 7.11 Å². The van der Waals surface area contributed by atoms with E-state index in [9.17, 15) is 4.79 Å². The van der Waals surface area contributed by atoms with E-state index in [1.165, 1.54) is 0 Å². The molecule has 0 bridgehead atoms. The summed E-state index contributed by atoms with van der Waals surface area (Å²) in [7, 11) is 3.48. The van der Waals surface area contributed by atoms with Crippen molar-refractivity contribution in [2.24, 2.45) is 0 Å². The summed E-state index contributed by atoms with van der Waals surface area (Å²) < 4.78 is 5.10. The van der Waals surface area contributed by atoms with Gasteiger partial charge in [0.25, 0.3) is 5.91 Å². The lowest BCUT2D eigenvalue weighted by Crippen LogP contribution is -2.37. The Bertz CT molecular complexity index is 391. The first-order valence-electron chi connectivity index (χ1n) is 5.68. The van der Waals surface area contributed by atoms with Crippen molar-refractivity contribution < 1.29 is 9.53 Å². The van der Waals surface area contributed by atoms with Crippen LogP contribution in [0.4, 0.5) is 0 Å². The van der Waals surface area contributed by atoms with Crippen molar-refractivity contribution in [3.8, 4) is 5.75 Å². The molecule has 1 rings (SSSR count). The molecule has 0 fully saturated rings. The van der Waals surface area contributed by atoms with Crippen LogP contribution in [-0.2, 0) is 0 Å². The molecule has 0 aromatic heterocycles. The minimum Gasteiger partial charge on any atom is -0.497 e. The topological polar surface area (TPSA) is 50.4 Å². The van der Waals surface area contributed by atoms with Gasteiger partial charge in [0.15, 0.2) is 0 Å². The molecule has 1 aromatic rings. The molecule has 2 N–H and O–H groups in total. The van der Waals surface area contributed by atoms with Crippen LogP contribution >= 0.6 is 0 Å². The molecule has 0 saturated carbocycles. The highest BCUT2D eigenvalue weighted by Gasteiger charge is 2.10. The summed E-state index contributed by atoms with van der Waals surface area (Å²) in [5.74, 6) is 0.717. The van der Waals surface area contributed by atoms with Gasteiger partial charge < -0.3 is 15.4 Å². The molecule has 0 aliphatic heterocycles. The molecular formula is C13H20N2O2. The maximum Gasteiger partial charge on any atom is 0.251 e. The van der Waals surface area contributed by atoms with Gasteiger partial charge in [-0.25, -0.2) is 0 Å². The highest BCUT2D eigenvalue weighted by molar-refractivity contribution is 5.95. The second kappa shape index (κ2) is 6.25. The number of hydrogen-bond donors (Lipinski definition) is 2. The largest absolute Gasteiger partial charge is 0.497 e. The average Bonchev–Trinajstić information content (AvgIpc) is 2.35. The molecule has 1 unspecified atom stereocenters. The van der Waals surface area contributed by atoms with Crippen molar-refractivity contribution in [3.05, 3.63) is 29.3 Å². The van der Waals surface area contributed by atoms with E-state index in [1.54, 1.807) is 19.2 Å². The van der Waals surface area contributed by atoms with Crippen LogP contribution in [0.25, 0.3) is 0 Å². The molecule has 17 heavy (non-hydrogen) atoms. The Kier molecular flexibility index (Phi) is 4.97. The van der Waals surface area contributed by atoms with Crippen molar-refractivity contribution in [2.75, 3.05) is 20.7 Å². The van der Waals surface area contributed by atoms with Gasteiger partial charge in [0, 0.05) is 18.2 Å². The molecule has 1 atom stereocenters. The summed E-state index contributed by atoms with van der Waals surface area (Å²) in [6.45, 7) is 4.53. The fourth-order valence-electron chi connectivity index (χ4n) is 1.46. The normalized spacial score (nSPS) is 12.0. The molecule has 0 heterocycles. The minimum atomic E-state index is -0.0488. The van der Waals surface area contributed by atoms with Gasteiger partial charge in [0.1, 0.15) is 5.75 Å². The Balaban J connectivity index is 2.69. The van der Waals surface area contributed by atoms with Crippen LogP contribution in [0.15, 0.2) is 18.2 Å². The lowest BCUT2D eigenvalue weighted by atomic mass is 10.1. The molecule has 94 valence electrons. The first-order chi connectivity index (χ1) is 8.08. The Morgan fingerprint density at radius 1 is 1.47 bits per heavy atom. The van der Waals surface area contributed by atoms with E-state index < -0.39 is 0 Å². The number of benzene rings is 1. The quantitative estimate of drug-likeness (QED) is 0.811. The smallest absolute Gasteiger partial charge is 0.251 e. The van der Waals surface area contributed by atoms with E-state index in [-0.39, 0.29) is 11.9 Å². The second-order valence-electron chi connectivity index (χ2n) is 4.08. The molecule has 4 nitrogen and oxygen atoms in total. The van der Waals surface area contributed by atoms with Crippen LogP contribution in [0, 0.1) is 6.92 Å². The van der Waals surface area contributed by atoms with Crippen LogP contribution in [0.1, 0.15) is 22.8 Å². The molecule has 0 aliphatic rings. The number of ether oxygens (including phenoxy) is 1. The molecule has 1 aromatic carbocycles. The Hall–Kier alpha value is -1.55. The summed E-state index contributed by atoms with van der Waals surface area (Å²) in [6.07, 6.45) is 0. The number of aryl methyl sites for hydroxylation is 1. The molecule has 0 radical (unpaired) electrons. The van der Waals surface area contributed by atoms with Gasteiger partial charge in [-0.2, -0.15) is 0 Å². The van der Waals surface area contributed by atoms with E-state index >= 15 is 0 Å². The van der Waals surface area contributed by atoms with E-state index in [1.807, 2.05) is 27.0 Å².